The minimum Gasteiger partial charge on any atom is -0.505 e. The largest absolute Gasteiger partial charge is 0.505 e. The number of carbonyl (C=O) groups excluding carboxylic acids is 1. The molecule has 0 aromatic heterocycles. The summed E-state index contributed by atoms with van der Waals surface area (Å²) in [4.78, 5) is 11.2. The molecule has 0 aliphatic heterocycles. The number of ether oxygens (including phenoxy) is 2. The average molecular weight is 172 g/mol. The molecule has 70 valence electrons. The lowest BCUT2D eigenvalue weighted by molar-refractivity contribution is -0.150. The van der Waals surface area contributed by atoms with Crippen molar-refractivity contribution in [2.45, 2.75) is 20.8 Å². The fourth-order valence-electron chi connectivity index (χ4n) is 0.623. The first kappa shape index (κ1) is 11.0. The second-order valence-electron chi connectivity index (χ2n) is 2.98. The molecule has 0 rings (SSSR count). The smallest absolute Gasteiger partial charge is 0.315 e. The van der Waals surface area contributed by atoms with E-state index in [0.717, 1.165) is 0 Å². The SMILES string of the molecule is CCOC(=O)C(C)(C)/C=C/OC. The molecule has 0 N–H and O–H groups in total. The molecule has 0 saturated heterocycles. The van der Waals surface area contributed by atoms with Crippen molar-refractivity contribution in [3.05, 3.63) is 12.3 Å². The highest BCUT2D eigenvalue weighted by molar-refractivity contribution is 5.78. The summed E-state index contributed by atoms with van der Waals surface area (Å²) in [7, 11) is 1.54. The minimum absolute atomic E-state index is 0.238. The van der Waals surface area contributed by atoms with Crippen LogP contribution in [0.25, 0.3) is 0 Å². The molecule has 0 heterocycles. The summed E-state index contributed by atoms with van der Waals surface area (Å²) in [6, 6.07) is 0. The van der Waals surface area contributed by atoms with Crippen LogP contribution < -0.4 is 0 Å². The van der Waals surface area contributed by atoms with Crippen molar-refractivity contribution in [2.24, 2.45) is 5.41 Å². The predicted octanol–water partition coefficient (Wildman–Crippen LogP) is 1.74. The van der Waals surface area contributed by atoms with Crippen LogP contribution in [0.5, 0.6) is 0 Å². The number of methoxy groups -OCH3 is 1. The predicted molar refractivity (Wildman–Crippen MR) is 46.6 cm³/mol. The van der Waals surface area contributed by atoms with Crippen molar-refractivity contribution < 1.29 is 14.3 Å². The summed E-state index contributed by atoms with van der Waals surface area (Å²) in [6.45, 7) is 5.75. The van der Waals surface area contributed by atoms with Crippen molar-refractivity contribution in [3.8, 4) is 0 Å². The van der Waals surface area contributed by atoms with Gasteiger partial charge in [-0.25, -0.2) is 0 Å². The van der Waals surface area contributed by atoms with Gasteiger partial charge >= 0.3 is 5.97 Å². The van der Waals surface area contributed by atoms with E-state index < -0.39 is 5.41 Å². The van der Waals surface area contributed by atoms with Crippen LogP contribution in [0.3, 0.4) is 0 Å². The Morgan fingerprint density at radius 2 is 2.08 bits per heavy atom. The third-order valence-electron chi connectivity index (χ3n) is 1.42. The maximum atomic E-state index is 11.2. The van der Waals surface area contributed by atoms with Crippen molar-refractivity contribution in [3.63, 3.8) is 0 Å². The second kappa shape index (κ2) is 4.80. The number of carbonyl (C=O) groups is 1. The number of esters is 1. The molecule has 0 unspecified atom stereocenters. The zero-order chi connectivity index (χ0) is 9.61. The van der Waals surface area contributed by atoms with Gasteiger partial charge in [-0.2, -0.15) is 0 Å². The molecule has 0 aliphatic carbocycles. The Hall–Kier alpha value is -0.990. The summed E-state index contributed by atoms with van der Waals surface area (Å²) in [5.41, 5.74) is -0.605. The Morgan fingerprint density at radius 3 is 2.50 bits per heavy atom. The molecule has 0 spiro atoms. The molecule has 0 saturated carbocycles. The highest BCUT2D eigenvalue weighted by Crippen LogP contribution is 2.18. The summed E-state index contributed by atoms with van der Waals surface area (Å²) in [5.74, 6) is -0.238. The Labute approximate surface area is 73.4 Å². The van der Waals surface area contributed by atoms with Gasteiger partial charge in [-0.1, -0.05) is 0 Å². The summed E-state index contributed by atoms with van der Waals surface area (Å²) in [5, 5.41) is 0. The highest BCUT2D eigenvalue weighted by atomic mass is 16.5. The Morgan fingerprint density at radius 1 is 1.50 bits per heavy atom. The number of hydrogen-bond donors (Lipinski definition) is 0. The fraction of sp³-hybridized carbons (Fsp3) is 0.667. The molecule has 12 heavy (non-hydrogen) atoms. The molecule has 3 nitrogen and oxygen atoms in total. The van der Waals surface area contributed by atoms with Crippen LogP contribution in [0.15, 0.2) is 12.3 Å². The van der Waals surface area contributed by atoms with Crippen molar-refractivity contribution in [1.29, 1.82) is 0 Å². The van der Waals surface area contributed by atoms with Crippen LogP contribution in [0, 0.1) is 5.41 Å². The van der Waals surface area contributed by atoms with Gasteiger partial charge in [0, 0.05) is 0 Å². The van der Waals surface area contributed by atoms with Gasteiger partial charge in [-0.15, -0.1) is 0 Å². The van der Waals surface area contributed by atoms with E-state index in [9.17, 15) is 4.79 Å². The normalized spacial score (nSPS) is 11.7. The molecule has 0 amide bonds. The fourth-order valence-corrected chi connectivity index (χ4v) is 0.623. The van der Waals surface area contributed by atoms with E-state index in [1.807, 2.05) is 0 Å². The van der Waals surface area contributed by atoms with E-state index in [1.54, 1.807) is 26.8 Å². The Kier molecular flexibility index (Phi) is 4.40. The zero-order valence-corrected chi connectivity index (χ0v) is 8.09. The summed E-state index contributed by atoms with van der Waals surface area (Å²) in [6.07, 6.45) is 3.15. The van der Waals surface area contributed by atoms with Gasteiger partial charge in [0.05, 0.1) is 25.4 Å². The number of rotatable bonds is 4. The van der Waals surface area contributed by atoms with Crippen molar-refractivity contribution in [2.75, 3.05) is 13.7 Å². The van der Waals surface area contributed by atoms with Crippen molar-refractivity contribution in [1.82, 2.24) is 0 Å². The minimum atomic E-state index is -0.605. The van der Waals surface area contributed by atoms with Crippen LogP contribution in [-0.4, -0.2) is 19.7 Å². The molecule has 0 radical (unpaired) electrons. The Balaban J connectivity index is 4.18. The van der Waals surface area contributed by atoms with Gasteiger partial charge in [0.1, 0.15) is 0 Å². The summed E-state index contributed by atoms with van der Waals surface area (Å²) >= 11 is 0. The lowest BCUT2D eigenvalue weighted by Gasteiger charge is -2.16. The van der Waals surface area contributed by atoms with Gasteiger partial charge in [0.15, 0.2) is 0 Å². The lowest BCUT2D eigenvalue weighted by atomic mass is 9.94. The van der Waals surface area contributed by atoms with Crippen LogP contribution in [0.4, 0.5) is 0 Å². The molecule has 0 aromatic rings. The Bertz CT molecular complexity index is 171. The monoisotopic (exact) mass is 172 g/mol. The lowest BCUT2D eigenvalue weighted by Crippen LogP contribution is -2.24. The number of hydrogen-bond acceptors (Lipinski definition) is 3. The molecule has 0 atom stereocenters. The maximum Gasteiger partial charge on any atom is 0.315 e. The molecule has 3 heteroatoms. The first-order valence-electron chi connectivity index (χ1n) is 3.92. The third-order valence-corrected chi connectivity index (χ3v) is 1.42. The van der Waals surface area contributed by atoms with Gasteiger partial charge < -0.3 is 9.47 Å². The molecule has 0 fully saturated rings. The van der Waals surface area contributed by atoms with E-state index in [0.29, 0.717) is 6.61 Å². The van der Waals surface area contributed by atoms with Crippen LogP contribution in [-0.2, 0) is 14.3 Å². The standard InChI is InChI=1S/C9H16O3/c1-5-12-8(10)9(2,3)6-7-11-4/h6-7H,5H2,1-4H3/b7-6+. The first-order chi connectivity index (χ1) is 5.54. The zero-order valence-electron chi connectivity index (χ0n) is 8.09. The molecular formula is C9H16O3. The van der Waals surface area contributed by atoms with Crippen LogP contribution >= 0.6 is 0 Å². The molecule has 0 bridgehead atoms. The molecule has 0 aliphatic rings. The first-order valence-corrected chi connectivity index (χ1v) is 3.92. The second-order valence-corrected chi connectivity index (χ2v) is 2.98. The third kappa shape index (κ3) is 3.42. The van der Waals surface area contributed by atoms with Gasteiger partial charge in [-0.3, -0.25) is 4.79 Å². The maximum absolute atomic E-state index is 11.2. The topological polar surface area (TPSA) is 35.5 Å². The van der Waals surface area contributed by atoms with E-state index in [1.165, 1.54) is 13.4 Å². The summed E-state index contributed by atoms with van der Waals surface area (Å²) < 4.78 is 9.58. The van der Waals surface area contributed by atoms with E-state index in [4.69, 9.17) is 9.47 Å². The van der Waals surface area contributed by atoms with E-state index >= 15 is 0 Å². The van der Waals surface area contributed by atoms with Crippen LogP contribution in [0.2, 0.25) is 0 Å². The molecular weight excluding hydrogens is 156 g/mol. The van der Waals surface area contributed by atoms with Gasteiger partial charge in [0.25, 0.3) is 0 Å². The van der Waals surface area contributed by atoms with Crippen LogP contribution in [0.1, 0.15) is 20.8 Å². The van der Waals surface area contributed by atoms with E-state index in [2.05, 4.69) is 0 Å². The quantitative estimate of drug-likeness (QED) is 0.478. The van der Waals surface area contributed by atoms with Gasteiger partial charge in [0.2, 0.25) is 0 Å². The average Bonchev–Trinajstić information content (AvgIpc) is 2.01. The highest BCUT2D eigenvalue weighted by Gasteiger charge is 2.25. The van der Waals surface area contributed by atoms with E-state index in [-0.39, 0.29) is 5.97 Å². The molecule has 0 aromatic carbocycles. The van der Waals surface area contributed by atoms with Gasteiger partial charge in [-0.05, 0) is 26.8 Å². The van der Waals surface area contributed by atoms with Crippen molar-refractivity contribution >= 4 is 5.97 Å².